The van der Waals surface area contributed by atoms with E-state index in [2.05, 4.69) is 26.7 Å². The van der Waals surface area contributed by atoms with Crippen LogP contribution < -0.4 is 0 Å². The molecule has 0 spiro atoms. The third-order valence-corrected chi connectivity index (χ3v) is 0.834. The Balaban J connectivity index is -0.000000142. The van der Waals surface area contributed by atoms with Crippen LogP contribution in [0.4, 0.5) is 0 Å². The first-order chi connectivity index (χ1) is 6.33. The van der Waals surface area contributed by atoms with Crippen LogP contribution in [-0.4, -0.2) is 30.0 Å². The number of hydrogen-bond donors (Lipinski definition) is 2. The lowest BCUT2D eigenvalue weighted by Crippen LogP contribution is -1.85. The molecule has 0 aromatic rings. The summed E-state index contributed by atoms with van der Waals surface area (Å²) in [7, 11) is 0. The highest BCUT2D eigenvalue weighted by Crippen LogP contribution is 1.85. The highest BCUT2D eigenvalue weighted by Gasteiger charge is 1.76. The van der Waals surface area contributed by atoms with Crippen LogP contribution in [0.2, 0.25) is 0 Å². The van der Waals surface area contributed by atoms with Gasteiger partial charge in [-0.3, -0.25) is 0 Å². The maximum Gasteiger partial charge on any atom is 0.0872 e. The minimum absolute atomic E-state index is 0.125. The molecule has 0 unspecified atom stereocenters. The first kappa shape index (κ1) is 18.1. The molecule has 0 aliphatic heterocycles. The fraction of sp³-hybridized carbons (Fsp3) is 0.600. The Morgan fingerprint density at radius 2 is 1.69 bits per heavy atom. The summed E-state index contributed by atoms with van der Waals surface area (Å²) in [5.74, 6) is 0. The molecule has 0 fully saturated rings. The topological polar surface area (TPSA) is 49.7 Å². The van der Waals surface area contributed by atoms with Crippen LogP contribution in [0.1, 0.15) is 19.8 Å². The van der Waals surface area contributed by atoms with Crippen molar-refractivity contribution in [3.8, 4) is 0 Å². The van der Waals surface area contributed by atoms with E-state index in [-0.39, 0.29) is 13.2 Å². The summed E-state index contributed by atoms with van der Waals surface area (Å²) < 4.78 is 4.84. The molecular weight excluding hydrogens is 168 g/mol. The van der Waals surface area contributed by atoms with E-state index in [0.717, 1.165) is 13.0 Å². The van der Waals surface area contributed by atoms with Crippen molar-refractivity contribution in [2.24, 2.45) is 0 Å². The first-order valence-electron chi connectivity index (χ1n) is 4.27. The van der Waals surface area contributed by atoms with Gasteiger partial charge in [0.2, 0.25) is 0 Å². The molecule has 0 amide bonds. The molecule has 13 heavy (non-hydrogen) atoms. The summed E-state index contributed by atoms with van der Waals surface area (Å²) >= 11 is 0. The average molecular weight is 190 g/mol. The Morgan fingerprint density at radius 1 is 1.23 bits per heavy atom. The number of aliphatic hydroxyl groups excluding tert-OH is 2. The molecule has 0 heterocycles. The van der Waals surface area contributed by atoms with Gasteiger partial charge in [-0.15, -0.1) is 13.2 Å². The third kappa shape index (κ3) is 53.7. The molecule has 0 saturated carbocycles. The van der Waals surface area contributed by atoms with Gasteiger partial charge in [-0.2, -0.15) is 0 Å². The maximum absolute atomic E-state index is 7.62. The van der Waals surface area contributed by atoms with Crippen molar-refractivity contribution >= 4 is 0 Å². The third-order valence-electron chi connectivity index (χ3n) is 0.834. The van der Waals surface area contributed by atoms with Crippen LogP contribution in [0.3, 0.4) is 0 Å². The monoisotopic (exact) mass is 190 g/mol. The van der Waals surface area contributed by atoms with Crippen LogP contribution in [0, 0.1) is 0 Å². The second-order valence-electron chi connectivity index (χ2n) is 1.84. The molecule has 0 aromatic carbocycles. The van der Waals surface area contributed by atoms with Gasteiger partial charge in [0.25, 0.3) is 0 Å². The lowest BCUT2D eigenvalue weighted by atomic mass is 10.4. The smallest absolute Gasteiger partial charge is 0.0872 e. The van der Waals surface area contributed by atoms with Crippen LogP contribution in [0.15, 0.2) is 26.0 Å². The number of ether oxygens (including phenoxy) is 1. The number of aliphatic hydroxyl groups is 2. The van der Waals surface area contributed by atoms with E-state index in [9.17, 15) is 0 Å². The molecular formula is C10H22O3. The molecule has 0 aromatic heterocycles. The normalized spacial score (nSPS) is 7.00. The van der Waals surface area contributed by atoms with Crippen molar-refractivity contribution in [1.82, 2.24) is 0 Å². The van der Waals surface area contributed by atoms with E-state index in [4.69, 9.17) is 14.9 Å². The summed E-state index contributed by atoms with van der Waals surface area (Å²) in [6.07, 6.45) is 3.80. The van der Waals surface area contributed by atoms with Gasteiger partial charge in [0, 0.05) is 0 Å². The van der Waals surface area contributed by atoms with Crippen LogP contribution >= 0.6 is 0 Å². The van der Waals surface area contributed by atoms with Crippen molar-refractivity contribution in [3.05, 3.63) is 26.0 Å². The van der Waals surface area contributed by atoms with Gasteiger partial charge < -0.3 is 14.9 Å². The van der Waals surface area contributed by atoms with Gasteiger partial charge in [0.15, 0.2) is 0 Å². The van der Waals surface area contributed by atoms with Crippen molar-refractivity contribution in [1.29, 1.82) is 0 Å². The standard InChI is InChI=1S/C6H12O.C2H6O2.C2H4/c1-3-5-6-7-4-2;3-1-2-4;1-2/h4H,2-3,5-6H2,1H3;3-4H,1-2H2;1-2H2. The second-order valence-corrected chi connectivity index (χ2v) is 1.84. The van der Waals surface area contributed by atoms with E-state index >= 15 is 0 Å². The highest BCUT2D eigenvalue weighted by molar-refractivity contribution is 4.47. The molecule has 0 bridgehead atoms. The van der Waals surface area contributed by atoms with Gasteiger partial charge >= 0.3 is 0 Å². The van der Waals surface area contributed by atoms with Crippen LogP contribution in [-0.2, 0) is 4.74 Å². The summed E-state index contributed by atoms with van der Waals surface area (Å²) in [4.78, 5) is 0. The van der Waals surface area contributed by atoms with Gasteiger partial charge in [-0.1, -0.05) is 19.9 Å². The summed E-state index contributed by atoms with van der Waals surface area (Å²) in [6, 6.07) is 0. The SMILES string of the molecule is C=C.C=COCCCC.OCCO. The minimum atomic E-state index is -0.125. The largest absolute Gasteiger partial charge is 0.502 e. The zero-order valence-corrected chi connectivity index (χ0v) is 8.54. The summed E-state index contributed by atoms with van der Waals surface area (Å²) in [6.45, 7) is 12.1. The lowest BCUT2D eigenvalue weighted by molar-refractivity contribution is 0.186. The second kappa shape index (κ2) is 30.3. The Labute approximate surface area is 81.4 Å². The average Bonchev–Trinajstić information content (AvgIpc) is 2.22. The molecule has 2 N–H and O–H groups in total. The van der Waals surface area contributed by atoms with Gasteiger partial charge in [-0.05, 0) is 6.42 Å². The predicted molar refractivity (Wildman–Crippen MR) is 56.5 cm³/mol. The summed E-state index contributed by atoms with van der Waals surface area (Å²) in [5.41, 5.74) is 0. The Hall–Kier alpha value is -0.800. The Bertz CT molecular complexity index is 72.6. The van der Waals surface area contributed by atoms with Crippen molar-refractivity contribution < 1.29 is 14.9 Å². The van der Waals surface area contributed by atoms with Crippen LogP contribution in [0.25, 0.3) is 0 Å². The van der Waals surface area contributed by atoms with Gasteiger partial charge in [0.1, 0.15) is 0 Å². The quantitative estimate of drug-likeness (QED) is 0.394. The molecule has 0 saturated heterocycles. The van der Waals surface area contributed by atoms with Crippen LogP contribution in [0.5, 0.6) is 0 Å². The van der Waals surface area contributed by atoms with E-state index in [1.807, 2.05) is 0 Å². The number of rotatable bonds is 5. The minimum Gasteiger partial charge on any atom is -0.502 e. The molecule has 0 radical (unpaired) electrons. The first-order valence-corrected chi connectivity index (χ1v) is 4.27. The Morgan fingerprint density at radius 3 is 1.92 bits per heavy atom. The fourth-order valence-electron chi connectivity index (χ4n) is 0.311. The fourth-order valence-corrected chi connectivity index (χ4v) is 0.311. The maximum atomic E-state index is 7.62. The van der Waals surface area contributed by atoms with Crippen molar-refractivity contribution in [3.63, 3.8) is 0 Å². The van der Waals surface area contributed by atoms with E-state index < -0.39 is 0 Å². The molecule has 3 heteroatoms. The number of unbranched alkanes of at least 4 members (excludes halogenated alkanes) is 1. The molecule has 0 aliphatic rings. The molecule has 0 atom stereocenters. The van der Waals surface area contributed by atoms with Crippen molar-refractivity contribution in [2.45, 2.75) is 19.8 Å². The zero-order valence-electron chi connectivity index (χ0n) is 8.54. The molecule has 0 rings (SSSR count). The van der Waals surface area contributed by atoms with E-state index in [1.165, 1.54) is 12.7 Å². The zero-order chi connectivity index (χ0) is 10.9. The molecule has 80 valence electrons. The van der Waals surface area contributed by atoms with E-state index in [1.54, 1.807) is 0 Å². The van der Waals surface area contributed by atoms with Gasteiger partial charge in [0.05, 0.1) is 26.1 Å². The molecule has 3 nitrogen and oxygen atoms in total. The lowest BCUT2D eigenvalue weighted by Gasteiger charge is -1.93. The summed E-state index contributed by atoms with van der Waals surface area (Å²) in [5, 5.41) is 15.2. The van der Waals surface area contributed by atoms with Crippen molar-refractivity contribution in [2.75, 3.05) is 19.8 Å². The highest BCUT2D eigenvalue weighted by atomic mass is 16.5. The van der Waals surface area contributed by atoms with E-state index in [0.29, 0.717) is 0 Å². The predicted octanol–water partition coefficient (Wildman–Crippen LogP) is 1.72. The molecule has 0 aliphatic carbocycles. The Kier molecular flexibility index (Phi) is 42.2. The number of hydrogen-bond acceptors (Lipinski definition) is 3. The van der Waals surface area contributed by atoms with Gasteiger partial charge in [-0.25, -0.2) is 0 Å².